The molecule has 7 heteroatoms. The van der Waals surface area contributed by atoms with Gasteiger partial charge in [0.1, 0.15) is 17.7 Å². The Morgan fingerprint density at radius 2 is 2.00 bits per heavy atom. The number of carbonyl (C=O) groups is 2. The summed E-state index contributed by atoms with van der Waals surface area (Å²) in [6.07, 6.45) is 1.32. The van der Waals surface area contributed by atoms with Crippen molar-refractivity contribution < 1.29 is 28.2 Å². The van der Waals surface area contributed by atoms with Crippen LogP contribution in [0.2, 0.25) is 0 Å². The van der Waals surface area contributed by atoms with Crippen LogP contribution in [-0.4, -0.2) is 36.2 Å². The Morgan fingerprint density at radius 1 is 1.35 bits per heavy atom. The SMILES string of the molecule is CC(C(=O)NC(C(=O)O)C1CCCOC1)c1c(F)cccc1F. The monoisotopic (exact) mass is 327 g/mol. The van der Waals surface area contributed by atoms with Gasteiger partial charge in [-0.15, -0.1) is 0 Å². The predicted molar refractivity (Wildman–Crippen MR) is 77.9 cm³/mol. The Morgan fingerprint density at radius 3 is 2.52 bits per heavy atom. The van der Waals surface area contributed by atoms with Gasteiger partial charge < -0.3 is 15.2 Å². The number of carboxylic acid groups (broad SMARTS) is 1. The van der Waals surface area contributed by atoms with Crippen molar-refractivity contribution in [3.63, 3.8) is 0 Å². The summed E-state index contributed by atoms with van der Waals surface area (Å²) < 4.78 is 32.8. The van der Waals surface area contributed by atoms with Crippen molar-refractivity contribution >= 4 is 11.9 Å². The second-order valence-corrected chi connectivity index (χ2v) is 5.66. The number of halogens is 2. The van der Waals surface area contributed by atoms with Gasteiger partial charge in [-0.25, -0.2) is 13.6 Å². The molecule has 0 aromatic heterocycles. The second kappa shape index (κ2) is 7.50. The molecule has 0 spiro atoms. The van der Waals surface area contributed by atoms with Gasteiger partial charge in [0.15, 0.2) is 0 Å². The Hall–Kier alpha value is -2.02. The van der Waals surface area contributed by atoms with Crippen LogP contribution in [0.5, 0.6) is 0 Å². The fourth-order valence-corrected chi connectivity index (χ4v) is 2.74. The molecule has 0 bridgehead atoms. The number of aliphatic carboxylic acids is 1. The minimum atomic E-state index is -1.19. The molecule has 1 aliphatic heterocycles. The van der Waals surface area contributed by atoms with Gasteiger partial charge in [-0.05, 0) is 31.9 Å². The average molecular weight is 327 g/mol. The van der Waals surface area contributed by atoms with Crippen molar-refractivity contribution in [2.45, 2.75) is 31.7 Å². The van der Waals surface area contributed by atoms with Crippen LogP contribution in [0, 0.1) is 17.6 Å². The first-order valence-electron chi connectivity index (χ1n) is 7.46. The molecule has 1 saturated heterocycles. The Bertz CT molecular complexity index is 567. The zero-order valence-electron chi connectivity index (χ0n) is 12.7. The Kier molecular flexibility index (Phi) is 5.65. The van der Waals surface area contributed by atoms with Crippen molar-refractivity contribution in [2.75, 3.05) is 13.2 Å². The zero-order valence-corrected chi connectivity index (χ0v) is 12.7. The number of benzene rings is 1. The second-order valence-electron chi connectivity index (χ2n) is 5.66. The number of carboxylic acids is 1. The molecule has 1 amide bonds. The fourth-order valence-electron chi connectivity index (χ4n) is 2.74. The van der Waals surface area contributed by atoms with E-state index < -0.39 is 35.5 Å². The minimum Gasteiger partial charge on any atom is -0.480 e. The highest BCUT2D eigenvalue weighted by Crippen LogP contribution is 2.24. The van der Waals surface area contributed by atoms with E-state index in [0.717, 1.165) is 12.1 Å². The van der Waals surface area contributed by atoms with Crippen LogP contribution in [0.25, 0.3) is 0 Å². The standard InChI is InChI=1S/C16H19F2NO4/c1-9(13-11(17)5-2-6-12(13)18)15(20)19-14(16(21)22)10-4-3-7-23-8-10/h2,5-6,9-10,14H,3-4,7-8H2,1H3,(H,19,20)(H,21,22). The molecule has 2 rings (SSSR count). The predicted octanol–water partition coefficient (Wildman–Crippen LogP) is 2.06. The average Bonchev–Trinajstić information content (AvgIpc) is 2.52. The highest BCUT2D eigenvalue weighted by Gasteiger charge is 2.33. The lowest BCUT2D eigenvalue weighted by molar-refractivity contribution is -0.145. The quantitative estimate of drug-likeness (QED) is 0.868. The topological polar surface area (TPSA) is 75.6 Å². The molecular weight excluding hydrogens is 308 g/mol. The first-order valence-corrected chi connectivity index (χ1v) is 7.46. The molecule has 1 aromatic rings. The summed E-state index contributed by atoms with van der Waals surface area (Å²) in [5, 5.41) is 11.7. The van der Waals surface area contributed by atoms with Gasteiger partial charge in [0.05, 0.1) is 12.5 Å². The third-order valence-electron chi connectivity index (χ3n) is 4.06. The molecule has 3 unspecified atom stereocenters. The van der Waals surface area contributed by atoms with Crippen molar-refractivity contribution in [1.29, 1.82) is 0 Å². The molecule has 5 nitrogen and oxygen atoms in total. The lowest BCUT2D eigenvalue weighted by Crippen LogP contribution is -2.49. The van der Waals surface area contributed by atoms with Gasteiger partial charge in [-0.1, -0.05) is 6.07 Å². The maximum Gasteiger partial charge on any atom is 0.326 e. The number of hydrogen-bond donors (Lipinski definition) is 2. The van der Waals surface area contributed by atoms with Crippen LogP contribution in [-0.2, 0) is 14.3 Å². The fraction of sp³-hybridized carbons (Fsp3) is 0.500. The van der Waals surface area contributed by atoms with Crippen LogP contribution in [0.1, 0.15) is 31.2 Å². The van der Waals surface area contributed by atoms with Crippen LogP contribution < -0.4 is 5.32 Å². The smallest absolute Gasteiger partial charge is 0.326 e. The lowest BCUT2D eigenvalue weighted by Gasteiger charge is -2.29. The highest BCUT2D eigenvalue weighted by atomic mass is 19.1. The van der Waals surface area contributed by atoms with Crippen LogP contribution in [0.15, 0.2) is 18.2 Å². The van der Waals surface area contributed by atoms with E-state index in [0.29, 0.717) is 19.4 Å². The van der Waals surface area contributed by atoms with Crippen LogP contribution >= 0.6 is 0 Å². The van der Waals surface area contributed by atoms with Crippen molar-refractivity contribution in [3.8, 4) is 0 Å². The maximum absolute atomic E-state index is 13.8. The van der Waals surface area contributed by atoms with E-state index in [1.54, 1.807) is 0 Å². The molecule has 23 heavy (non-hydrogen) atoms. The summed E-state index contributed by atoms with van der Waals surface area (Å²) in [5.74, 6) is -5.08. The Labute approximate surface area is 132 Å². The number of hydrogen-bond acceptors (Lipinski definition) is 3. The van der Waals surface area contributed by atoms with Gasteiger partial charge in [-0.2, -0.15) is 0 Å². The van der Waals surface area contributed by atoms with Gasteiger partial charge in [0.2, 0.25) is 5.91 Å². The molecule has 3 atom stereocenters. The normalized spacial score (nSPS) is 20.6. The van der Waals surface area contributed by atoms with E-state index in [-0.39, 0.29) is 18.1 Å². The maximum atomic E-state index is 13.8. The van der Waals surface area contributed by atoms with Gasteiger partial charge in [0.25, 0.3) is 0 Å². The van der Waals surface area contributed by atoms with Crippen LogP contribution in [0.4, 0.5) is 8.78 Å². The van der Waals surface area contributed by atoms with Crippen LogP contribution in [0.3, 0.4) is 0 Å². The van der Waals surface area contributed by atoms with Gasteiger partial charge >= 0.3 is 5.97 Å². The summed E-state index contributed by atoms with van der Waals surface area (Å²) in [5.41, 5.74) is -0.367. The third kappa shape index (κ3) is 4.04. The first-order chi connectivity index (χ1) is 10.9. The lowest BCUT2D eigenvalue weighted by atomic mass is 9.92. The van der Waals surface area contributed by atoms with E-state index in [1.165, 1.54) is 13.0 Å². The number of rotatable bonds is 5. The first kappa shape index (κ1) is 17.3. The number of ether oxygens (including phenoxy) is 1. The number of nitrogens with one attached hydrogen (secondary N) is 1. The minimum absolute atomic E-state index is 0.236. The van der Waals surface area contributed by atoms with Crippen molar-refractivity contribution in [2.24, 2.45) is 5.92 Å². The molecule has 126 valence electrons. The van der Waals surface area contributed by atoms with E-state index >= 15 is 0 Å². The summed E-state index contributed by atoms with van der Waals surface area (Å²) in [4.78, 5) is 23.7. The van der Waals surface area contributed by atoms with E-state index in [2.05, 4.69) is 5.32 Å². The molecule has 0 aliphatic carbocycles. The molecule has 1 aliphatic rings. The summed E-state index contributed by atoms with van der Waals surface area (Å²) in [7, 11) is 0. The molecular formula is C16H19F2NO4. The molecule has 0 radical (unpaired) electrons. The highest BCUT2D eigenvalue weighted by molar-refractivity contribution is 5.88. The van der Waals surface area contributed by atoms with E-state index in [1.807, 2.05) is 0 Å². The molecule has 0 saturated carbocycles. The molecule has 1 aromatic carbocycles. The number of amides is 1. The summed E-state index contributed by atoms with van der Waals surface area (Å²) in [6.45, 7) is 2.14. The number of carbonyl (C=O) groups excluding carboxylic acids is 1. The van der Waals surface area contributed by atoms with Crippen molar-refractivity contribution in [3.05, 3.63) is 35.4 Å². The zero-order chi connectivity index (χ0) is 17.0. The van der Waals surface area contributed by atoms with Crippen molar-refractivity contribution in [1.82, 2.24) is 5.32 Å². The van der Waals surface area contributed by atoms with E-state index in [4.69, 9.17) is 4.74 Å². The molecule has 2 N–H and O–H groups in total. The largest absolute Gasteiger partial charge is 0.480 e. The van der Waals surface area contributed by atoms with E-state index in [9.17, 15) is 23.5 Å². The summed E-state index contributed by atoms with van der Waals surface area (Å²) in [6, 6.07) is 2.19. The third-order valence-corrected chi connectivity index (χ3v) is 4.06. The molecule has 1 fully saturated rings. The Balaban J connectivity index is 2.13. The summed E-state index contributed by atoms with van der Waals surface area (Å²) >= 11 is 0. The van der Waals surface area contributed by atoms with Gasteiger partial charge in [-0.3, -0.25) is 4.79 Å². The van der Waals surface area contributed by atoms with Gasteiger partial charge in [0, 0.05) is 18.1 Å². The molecule has 1 heterocycles.